The third-order valence-corrected chi connectivity index (χ3v) is 4.13. The Balaban J connectivity index is 2.72. The quantitative estimate of drug-likeness (QED) is 0.833. The Morgan fingerprint density at radius 1 is 1.29 bits per heavy atom. The summed E-state index contributed by atoms with van der Waals surface area (Å²) in [7, 11) is 0. The summed E-state index contributed by atoms with van der Waals surface area (Å²) in [5.74, 6) is 0.430. The van der Waals surface area contributed by atoms with E-state index in [0.717, 1.165) is 16.5 Å². The van der Waals surface area contributed by atoms with Crippen molar-refractivity contribution in [3.05, 3.63) is 34.1 Å². The minimum absolute atomic E-state index is 0.206. The van der Waals surface area contributed by atoms with Crippen LogP contribution in [0.2, 0.25) is 0 Å². The lowest BCUT2D eigenvalue weighted by atomic mass is 9.99. The molecule has 0 heterocycles. The number of nitrogens with one attached hydrogen (secondary N) is 1. The van der Waals surface area contributed by atoms with Crippen molar-refractivity contribution in [2.45, 2.75) is 46.2 Å². The molecule has 0 aliphatic carbocycles. The molecule has 0 saturated heterocycles. The Morgan fingerprint density at radius 3 is 2.47 bits per heavy atom. The number of benzene rings is 1. The molecule has 1 N–H and O–H groups in total. The molecule has 96 valence electrons. The first-order chi connectivity index (χ1) is 7.95. The van der Waals surface area contributed by atoms with Gasteiger partial charge in [-0.2, -0.15) is 0 Å². The molecule has 0 saturated carbocycles. The molecule has 0 aromatic heterocycles. The highest BCUT2D eigenvalue weighted by Gasteiger charge is 2.15. The van der Waals surface area contributed by atoms with E-state index in [0.29, 0.717) is 12.0 Å². The van der Waals surface area contributed by atoms with Crippen LogP contribution in [0.3, 0.4) is 0 Å². The topological polar surface area (TPSA) is 12.0 Å². The summed E-state index contributed by atoms with van der Waals surface area (Å²) in [5.41, 5.74) is 1.10. The number of halogens is 2. The molecular weight excluding hydrogens is 281 g/mol. The van der Waals surface area contributed by atoms with E-state index >= 15 is 0 Å². The third kappa shape index (κ3) is 4.07. The molecule has 1 aromatic carbocycles. The van der Waals surface area contributed by atoms with Gasteiger partial charge in [0.25, 0.3) is 0 Å². The smallest absolute Gasteiger partial charge is 0.124 e. The van der Waals surface area contributed by atoms with Gasteiger partial charge in [0.2, 0.25) is 0 Å². The maximum absolute atomic E-state index is 13.0. The number of hydrogen-bond acceptors (Lipinski definition) is 1. The SMILES string of the molecule is CCC(C)C(C)NC(C)c1ccc(F)cc1Br. The first-order valence-electron chi connectivity index (χ1n) is 6.16. The molecule has 17 heavy (non-hydrogen) atoms. The van der Waals surface area contributed by atoms with Crippen LogP contribution in [0.25, 0.3) is 0 Å². The summed E-state index contributed by atoms with van der Waals surface area (Å²) in [6.07, 6.45) is 1.16. The summed E-state index contributed by atoms with van der Waals surface area (Å²) < 4.78 is 13.8. The largest absolute Gasteiger partial charge is 0.307 e. The summed E-state index contributed by atoms with van der Waals surface area (Å²) in [5, 5.41) is 3.55. The standard InChI is InChI=1S/C14H21BrFN/c1-5-9(2)10(3)17-11(4)13-7-6-12(16)8-14(13)15/h6-11,17H,5H2,1-4H3. The lowest BCUT2D eigenvalue weighted by Gasteiger charge is -2.25. The second-order valence-corrected chi connectivity index (χ2v) is 5.58. The third-order valence-electron chi connectivity index (χ3n) is 3.44. The Kier molecular flexibility index (Phi) is 5.60. The van der Waals surface area contributed by atoms with Gasteiger partial charge in [-0.25, -0.2) is 4.39 Å². The average Bonchev–Trinajstić information content (AvgIpc) is 2.27. The van der Waals surface area contributed by atoms with Gasteiger partial charge in [-0.05, 0) is 37.5 Å². The average molecular weight is 302 g/mol. The zero-order chi connectivity index (χ0) is 13.0. The van der Waals surface area contributed by atoms with Crippen molar-refractivity contribution < 1.29 is 4.39 Å². The fraction of sp³-hybridized carbons (Fsp3) is 0.571. The Morgan fingerprint density at radius 2 is 1.94 bits per heavy atom. The highest BCUT2D eigenvalue weighted by molar-refractivity contribution is 9.10. The van der Waals surface area contributed by atoms with Gasteiger partial charge in [0.1, 0.15) is 5.82 Å². The minimum Gasteiger partial charge on any atom is -0.307 e. The van der Waals surface area contributed by atoms with Crippen LogP contribution in [0, 0.1) is 11.7 Å². The molecule has 1 aromatic rings. The monoisotopic (exact) mass is 301 g/mol. The first-order valence-corrected chi connectivity index (χ1v) is 6.96. The molecule has 1 nitrogen and oxygen atoms in total. The predicted octanol–water partition coefficient (Wildman–Crippen LogP) is 4.67. The van der Waals surface area contributed by atoms with Crippen molar-refractivity contribution in [3.8, 4) is 0 Å². The van der Waals surface area contributed by atoms with E-state index in [2.05, 4.69) is 48.9 Å². The van der Waals surface area contributed by atoms with E-state index in [1.165, 1.54) is 12.1 Å². The van der Waals surface area contributed by atoms with Crippen molar-refractivity contribution in [1.82, 2.24) is 5.32 Å². The molecule has 0 bridgehead atoms. The fourth-order valence-corrected chi connectivity index (χ4v) is 2.55. The van der Waals surface area contributed by atoms with E-state index in [1.807, 2.05) is 6.07 Å². The van der Waals surface area contributed by atoms with Crippen molar-refractivity contribution in [2.75, 3.05) is 0 Å². The second-order valence-electron chi connectivity index (χ2n) is 4.73. The van der Waals surface area contributed by atoms with E-state index in [1.54, 1.807) is 0 Å². The maximum Gasteiger partial charge on any atom is 0.124 e. The Labute approximate surface area is 112 Å². The molecule has 3 unspecified atom stereocenters. The van der Waals surface area contributed by atoms with Crippen LogP contribution in [0.15, 0.2) is 22.7 Å². The normalized spacial score (nSPS) is 16.6. The zero-order valence-corrected chi connectivity index (χ0v) is 12.5. The molecule has 0 fully saturated rings. The van der Waals surface area contributed by atoms with Crippen molar-refractivity contribution >= 4 is 15.9 Å². The van der Waals surface area contributed by atoms with Gasteiger partial charge in [0.05, 0.1) is 0 Å². The van der Waals surface area contributed by atoms with Crippen molar-refractivity contribution in [3.63, 3.8) is 0 Å². The number of rotatable bonds is 5. The van der Waals surface area contributed by atoms with Gasteiger partial charge < -0.3 is 5.32 Å². The van der Waals surface area contributed by atoms with Crippen molar-refractivity contribution in [1.29, 1.82) is 0 Å². The fourth-order valence-electron chi connectivity index (χ4n) is 1.85. The van der Waals surface area contributed by atoms with Gasteiger partial charge in [-0.1, -0.05) is 42.3 Å². The van der Waals surface area contributed by atoms with Gasteiger partial charge in [0, 0.05) is 16.6 Å². The summed E-state index contributed by atoms with van der Waals surface area (Å²) in [6, 6.07) is 5.52. The van der Waals surface area contributed by atoms with Crippen LogP contribution in [0.4, 0.5) is 4.39 Å². The zero-order valence-electron chi connectivity index (χ0n) is 10.9. The van der Waals surface area contributed by atoms with E-state index in [4.69, 9.17) is 0 Å². The Hall–Kier alpha value is -0.410. The van der Waals surface area contributed by atoms with Crippen LogP contribution in [-0.4, -0.2) is 6.04 Å². The van der Waals surface area contributed by atoms with Crippen LogP contribution >= 0.6 is 15.9 Å². The van der Waals surface area contributed by atoms with Gasteiger partial charge in [-0.3, -0.25) is 0 Å². The van der Waals surface area contributed by atoms with E-state index in [9.17, 15) is 4.39 Å². The van der Waals surface area contributed by atoms with Crippen LogP contribution < -0.4 is 5.32 Å². The van der Waals surface area contributed by atoms with Gasteiger partial charge >= 0.3 is 0 Å². The summed E-state index contributed by atoms with van der Waals surface area (Å²) in [4.78, 5) is 0. The van der Waals surface area contributed by atoms with Crippen LogP contribution in [-0.2, 0) is 0 Å². The molecule has 0 aliphatic heterocycles. The molecule has 1 rings (SSSR count). The molecule has 0 amide bonds. The number of hydrogen-bond donors (Lipinski definition) is 1. The predicted molar refractivity (Wildman–Crippen MR) is 74.6 cm³/mol. The molecule has 0 radical (unpaired) electrons. The second kappa shape index (κ2) is 6.50. The molecule has 3 heteroatoms. The first kappa shape index (κ1) is 14.7. The van der Waals surface area contributed by atoms with Gasteiger partial charge in [0.15, 0.2) is 0 Å². The minimum atomic E-state index is -0.206. The molecule has 0 aliphatic rings. The van der Waals surface area contributed by atoms with E-state index in [-0.39, 0.29) is 11.9 Å². The molecular formula is C14H21BrFN. The molecule has 0 spiro atoms. The molecule has 3 atom stereocenters. The van der Waals surface area contributed by atoms with Crippen molar-refractivity contribution in [2.24, 2.45) is 5.92 Å². The van der Waals surface area contributed by atoms with Crippen LogP contribution in [0.5, 0.6) is 0 Å². The Bertz CT molecular complexity index is 367. The summed E-state index contributed by atoms with van der Waals surface area (Å²) >= 11 is 3.41. The summed E-state index contributed by atoms with van der Waals surface area (Å²) in [6.45, 7) is 8.74. The van der Waals surface area contributed by atoms with Gasteiger partial charge in [-0.15, -0.1) is 0 Å². The van der Waals surface area contributed by atoms with E-state index < -0.39 is 0 Å². The highest BCUT2D eigenvalue weighted by Crippen LogP contribution is 2.25. The lowest BCUT2D eigenvalue weighted by molar-refractivity contribution is 0.359. The highest BCUT2D eigenvalue weighted by atomic mass is 79.9. The lowest BCUT2D eigenvalue weighted by Crippen LogP contribution is -2.34. The maximum atomic E-state index is 13.0. The van der Waals surface area contributed by atoms with Crippen LogP contribution in [0.1, 0.15) is 45.7 Å².